The number of aromatic amines is 1. The molecule has 194 valence electrons. The van der Waals surface area contributed by atoms with Crippen LogP contribution in [0.4, 0.5) is 4.79 Å². The van der Waals surface area contributed by atoms with E-state index in [0.717, 1.165) is 28.3 Å². The molecule has 0 spiro atoms. The van der Waals surface area contributed by atoms with Crippen molar-refractivity contribution in [3.8, 4) is 28.6 Å². The largest absolute Gasteiger partial charge is 0.494 e. The van der Waals surface area contributed by atoms with E-state index in [0.29, 0.717) is 0 Å². The van der Waals surface area contributed by atoms with Gasteiger partial charge in [0, 0.05) is 12.0 Å². The molecule has 1 aromatic heterocycles. The minimum atomic E-state index is -1.66. The zero-order valence-electron chi connectivity index (χ0n) is 20.5. The summed E-state index contributed by atoms with van der Waals surface area (Å²) >= 11 is 0. The molecule has 0 radical (unpaired) electrons. The number of aromatic nitrogens is 1. The number of amides is 1. The van der Waals surface area contributed by atoms with Gasteiger partial charge in [-0.15, -0.1) is 0 Å². The highest BCUT2D eigenvalue weighted by atomic mass is 16.6. The van der Waals surface area contributed by atoms with Gasteiger partial charge in [-0.05, 0) is 27.7 Å². The van der Waals surface area contributed by atoms with Crippen LogP contribution in [0.2, 0.25) is 0 Å². The molecule has 10 heteroatoms. The van der Waals surface area contributed by atoms with Crippen molar-refractivity contribution in [3.05, 3.63) is 65.7 Å². The molecular formula is C27H28N2O8. The van der Waals surface area contributed by atoms with Crippen LogP contribution in [0, 0.1) is 11.3 Å². The molecule has 0 bridgehead atoms. The summed E-state index contributed by atoms with van der Waals surface area (Å²) in [7, 11) is 0. The molecule has 1 amide bonds. The molecule has 2 aromatic carbocycles. The first kappa shape index (κ1) is 25.6. The van der Waals surface area contributed by atoms with Gasteiger partial charge in [0.2, 0.25) is 5.88 Å². The van der Waals surface area contributed by atoms with Gasteiger partial charge in [0.05, 0.1) is 5.92 Å². The van der Waals surface area contributed by atoms with E-state index in [4.69, 9.17) is 9.47 Å². The summed E-state index contributed by atoms with van der Waals surface area (Å²) in [5.74, 6) is -5.64. The van der Waals surface area contributed by atoms with Gasteiger partial charge in [-0.3, -0.25) is 9.78 Å². The number of hydrogen-bond donors (Lipinski definition) is 5. The second-order valence-corrected chi connectivity index (χ2v) is 9.92. The maximum atomic E-state index is 13.0. The third-order valence-electron chi connectivity index (χ3n) is 6.36. The summed E-state index contributed by atoms with van der Waals surface area (Å²) in [5, 5.41) is 31.5. The standard InChI is InChI=1S/C27H28N2O8/c1-27(2,3)21(24(32)33)22(25(34)37-19-12-20(30)28-23(19)31)29-26(35)36-13-18-16-10-6-4-8-14(16)15-9-5-7-11-17(15)18/h4-12,18,21-22,28,30-31H,13H2,1-3H3,(H,29,35)(H,32,33)/t21?,22-/m0/s1. The molecule has 0 fully saturated rings. The van der Waals surface area contributed by atoms with Crippen LogP contribution in [0.15, 0.2) is 54.6 Å². The summed E-state index contributed by atoms with van der Waals surface area (Å²) in [4.78, 5) is 40.2. The Kier molecular flexibility index (Phi) is 6.84. The molecule has 0 saturated heterocycles. The van der Waals surface area contributed by atoms with Crippen LogP contribution in [-0.2, 0) is 14.3 Å². The summed E-state index contributed by atoms with van der Waals surface area (Å²) in [6.07, 6.45) is -1.000. The van der Waals surface area contributed by atoms with E-state index in [1.807, 2.05) is 48.5 Å². The fourth-order valence-corrected chi connectivity index (χ4v) is 4.72. The van der Waals surface area contributed by atoms with Gasteiger partial charge < -0.3 is 30.1 Å². The fourth-order valence-electron chi connectivity index (χ4n) is 4.72. The molecular weight excluding hydrogens is 480 g/mol. The van der Waals surface area contributed by atoms with E-state index in [2.05, 4.69) is 10.3 Å². The van der Waals surface area contributed by atoms with Gasteiger partial charge >= 0.3 is 18.0 Å². The van der Waals surface area contributed by atoms with Crippen LogP contribution in [0.1, 0.15) is 37.8 Å². The van der Waals surface area contributed by atoms with Crippen molar-refractivity contribution in [3.63, 3.8) is 0 Å². The topological polar surface area (TPSA) is 158 Å². The molecule has 1 aliphatic rings. The Bertz CT molecular complexity index is 1290. The molecule has 1 heterocycles. The summed E-state index contributed by atoms with van der Waals surface area (Å²) in [6.45, 7) is 4.77. The van der Waals surface area contributed by atoms with Crippen molar-refractivity contribution in [1.29, 1.82) is 0 Å². The smallest absolute Gasteiger partial charge is 0.407 e. The lowest BCUT2D eigenvalue weighted by molar-refractivity contribution is -0.153. The highest BCUT2D eigenvalue weighted by Gasteiger charge is 2.44. The van der Waals surface area contributed by atoms with Crippen LogP contribution < -0.4 is 10.1 Å². The van der Waals surface area contributed by atoms with Crippen LogP contribution in [0.5, 0.6) is 17.5 Å². The molecule has 3 aromatic rings. The van der Waals surface area contributed by atoms with Gasteiger partial charge in [-0.2, -0.15) is 0 Å². The molecule has 5 N–H and O–H groups in total. The Balaban J connectivity index is 1.54. The number of carbonyl (C=O) groups excluding carboxylic acids is 2. The van der Waals surface area contributed by atoms with Crippen molar-refractivity contribution in [2.24, 2.45) is 11.3 Å². The number of hydrogen-bond acceptors (Lipinski definition) is 7. The Morgan fingerprint density at radius 2 is 1.57 bits per heavy atom. The highest BCUT2D eigenvalue weighted by molar-refractivity contribution is 5.89. The number of nitrogens with one attached hydrogen (secondary N) is 2. The third-order valence-corrected chi connectivity index (χ3v) is 6.36. The minimum absolute atomic E-state index is 0.0403. The number of carbonyl (C=O) groups is 3. The second kappa shape index (κ2) is 9.88. The van der Waals surface area contributed by atoms with Gasteiger partial charge in [0.25, 0.3) is 0 Å². The van der Waals surface area contributed by atoms with Crippen molar-refractivity contribution in [2.75, 3.05) is 6.61 Å². The Morgan fingerprint density at radius 3 is 2.05 bits per heavy atom. The second-order valence-electron chi connectivity index (χ2n) is 9.92. The zero-order chi connectivity index (χ0) is 26.9. The van der Waals surface area contributed by atoms with E-state index in [1.54, 1.807) is 20.8 Å². The zero-order valence-corrected chi connectivity index (χ0v) is 20.5. The molecule has 0 saturated carbocycles. The number of aliphatic carboxylic acids is 1. The predicted molar refractivity (Wildman–Crippen MR) is 132 cm³/mol. The Labute approximate surface area is 212 Å². The molecule has 37 heavy (non-hydrogen) atoms. The summed E-state index contributed by atoms with van der Waals surface area (Å²) in [6, 6.07) is 14.9. The average molecular weight is 509 g/mol. The van der Waals surface area contributed by atoms with Crippen molar-refractivity contribution < 1.29 is 39.2 Å². The van der Waals surface area contributed by atoms with Crippen molar-refractivity contribution in [2.45, 2.75) is 32.7 Å². The first-order valence-electron chi connectivity index (χ1n) is 11.6. The number of aromatic hydroxyl groups is 2. The fraction of sp³-hybridized carbons (Fsp3) is 0.296. The van der Waals surface area contributed by atoms with E-state index < -0.39 is 52.9 Å². The van der Waals surface area contributed by atoms with Gasteiger partial charge in [0.15, 0.2) is 11.6 Å². The molecule has 0 aliphatic heterocycles. The van der Waals surface area contributed by atoms with E-state index in [1.165, 1.54) is 0 Å². The van der Waals surface area contributed by atoms with Crippen LogP contribution in [0.25, 0.3) is 11.1 Å². The number of esters is 1. The lowest BCUT2D eigenvalue weighted by Gasteiger charge is -2.32. The predicted octanol–water partition coefficient (Wildman–Crippen LogP) is 3.99. The molecule has 2 atom stereocenters. The number of H-pyrrole nitrogens is 1. The van der Waals surface area contributed by atoms with Gasteiger partial charge in [-0.1, -0.05) is 69.3 Å². The SMILES string of the molecule is CC(C)(C)C(C(=O)O)[C@H](NC(=O)OCC1c2ccccc2-c2ccccc21)C(=O)Oc1cc(O)[nH]c1O. The monoisotopic (exact) mass is 508 g/mol. The van der Waals surface area contributed by atoms with E-state index >= 15 is 0 Å². The van der Waals surface area contributed by atoms with Crippen LogP contribution in [0.3, 0.4) is 0 Å². The molecule has 4 rings (SSSR count). The number of fused-ring (bicyclic) bond motifs is 3. The lowest BCUT2D eigenvalue weighted by Crippen LogP contribution is -2.54. The molecule has 1 unspecified atom stereocenters. The van der Waals surface area contributed by atoms with Gasteiger partial charge in [0.1, 0.15) is 12.6 Å². The lowest BCUT2D eigenvalue weighted by atomic mass is 9.76. The maximum Gasteiger partial charge on any atom is 0.407 e. The van der Waals surface area contributed by atoms with Crippen LogP contribution >= 0.6 is 0 Å². The Hall–Kier alpha value is -4.47. The maximum absolute atomic E-state index is 13.0. The van der Waals surface area contributed by atoms with Crippen molar-refractivity contribution in [1.82, 2.24) is 10.3 Å². The summed E-state index contributed by atoms with van der Waals surface area (Å²) < 4.78 is 10.6. The third kappa shape index (κ3) is 5.23. The summed E-state index contributed by atoms with van der Waals surface area (Å²) in [5.41, 5.74) is 3.10. The highest BCUT2D eigenvalue weighted by Crippen LogP contribution is 2.44. The number of ether oxygens (including phenoxy) is 2. The molecule has 10 nitrogen and oxygen atoms in total. The van der Waals surface area contributed by atoms with Crippen LogP contribution in [-0.4, -0.2) is 51.0 Å². The normalized spacial score (nSPS) is 14.2. The number of rotatable bonds is 7. The van der Waals surface area contributed by atoms with Crippen molar-refractivity contribution >= 4 is 18.0 Å². The van der Waals surface area contributed by atoms with E-state index in [-0.39, 0.29) is 12.5 Å². The number of benzene rings is 2. The quantitative estimate of drug-likeness (QED) is 0.300. The first-order valence-corrected chi connectivity index (χ1v) is 11.6. The average Bonchev–Trinajstić information content (AvgIpc) is 3.31. The van der Waals surface area contributed by atoms with E-state index in [9.17, 15) is 29.7 Å². The number of alkyl carbamates (subject to hydrolysis) is 1. The minimum Gasteiger partial charge on any atom is -0.494 e. The number of carboxylic acid groups (broad SMARTS) is 1. The number of carboxylic acids is 1. The first-order chi connectivity index (χ1) is 17.5. The Morgan fingerprint density at radius 1 is 1.00 bits per heavy atom. The van der Waals surface area contributed by atoms with Gasteiger partial charge in [-0.25, -0.2) is 9.59 Å². The molecule has 1 aliphatic carbocycles.